The predicted molar refractivity (Wildman–Crippen MR) is 78.8 cm³/mol. The third kappa shape index (κ3) is 3.86. The molecule has 0 radical (unpaired) electrons. The largest absolute Gasteiger partial charge is 0.389 e. The molecule has 0 aliphatic heterocycles. The van der Waals surface area contributed by atoms with E-state index in [0.29, 0.717) is 0 Å². The summed E-state index contributed by atoms with van der Waals surface area (Å²) in [6.07, 6.45) is 0. The topological polar surface area (TPSA) is 58.4 Å². The molecule has 7 heteroatoms. The normalized spacial score (nSPS) is 10.5. The molecule has 1 aromatic carbocycles. The zero-order valence-electron chi connectivity index (χ0n) is 11.5. The fraction of sp³-hybridized carbons (Fsp3) is 0.385. The van der Waals surface area contributed by atoms with Gasteiger partial charge in [0.1, 0.15) is 4.99 Å². The molecule has 0 aliphatic rings. The van der Waals surface area contributed by atoms with Gasteiger partial charge in [0.05, 0.1) is 12.2 Å². The first kappa shape index (κ1) is 16.3. The number of anilines is 1. The summed E-state index contributed by atoms with van der Waals surface area (Å²) in [6, 6.07) is 2.62. The van der Waals surface area contributed by atoms with Crippen LogP contribution in [-0.4, -0.2) is 30.5 Å². The highest BCUT2D eigenvalue weighted by Crippen LogP contribution is 2.23. The van der Waals surface area contributed by atoms with Crippen molar-refractivity contribution < 1.29 is 13.6 Å². The fourth-order valence-electron chi connectivity index (χ4n) is 1.69. The summed E-state index contributed by atoms with van der Waals surface area (Å²) in [7, 11) is 1.50. The molecule has 0 saturated heterocycles. The number of amides is 1. The SMILES string of the molecule is CC(C)NC(=O)CN(C)c1ccc(C(N)=S)c(F)c1F. The number of carbonyl (C=O) groups excluding carboxylic acids is 1. The lowest BCUT2D eigenvalue weighted by atomic mass is 10.1. The van der Waals surface area contributed by atoms with Crippen LogP contribution in [-0.2, 0) is 4.79 Å². The van der Waals surface area contributed by atoms with Crippen LogP contribution in [0.5, 0.6) is 0 Å². The van der Waals surface area contributed by atoms with E-state index in [1.54, 1.807) is 0 Å². The minimum Gasteiger partial charge on any atom is -0.389 e. The third-order valence-electron chi connectivity index (χ3n) is 2.57. The maximum Gasteiger partial charge on any atom is 0.239 e. The van der Waals surface area contributed by atoms with Gasteiger partial charge in [-0.25, -0.2) is 8.78 Å². The molecule has 0 saturated carbocycles. The monoisotopic (exact) mass is 301 g/mol. The van der Waals surface area contributed by atoms with Crippen LogP contribution in [0.1, 0.15) is 19.4 Å². The summed E-state index contributed by atoms with van der Waals surface area (Å²) >= 11 is 4.63. The molecule has 0 spiro atoms. The molecule has 1 aromatic rings. The average molecular weight is 301 g/mol. The maximum atomic E-state index is 13.9. The minimum atomic E-state index is -1.11. The summed E-state index contributed by atoms with van der Waals surface area (Å²) in [6.45, 7) is 3.55. The molecule has 110 valence electrons. The van der Waals surface area contributed by atoms with E-state index in [2.05, 4.69) is 17.5 Å². The molecular formula is C13H17F2N3OS. The van der Waals surface area contributed by atoms with Gasteiger partial charge in [0.2, 0.25) is 5.91 Å². The summed E-state index contributed by atoms with van der Waals surface area (Å²) in [4.78, 5) is 12.7. The Morgan fingerprint density at radius 3 is 2.50 bits per heavy atom. The lowest BCUT2D eigenvalue weighted by Crippen LogP contribution is -2.39. The van der Waals surface area contributed by atoms with Gasteiger partial charge in [0, 0.05) is 18.7 Å². The smallest absolute Gasteiger partial charge is 0.239 e. The maximum absolute atomic E-state index is 13.9. The van der Waals surface area contributed by atoms with E-state index in [4.69, 9.17) is 5.73 Å². The van der Waals surface area contributed by atoms with Crippen molar-refractivity contribution in [2.75, 3.05) is 18.5 Å². The van der Waals surface area contributed by atoms with E-state index in [9.17, 15) is 13.6 Å². The Labute approximate surface area is 121 Å². The summed E-state index contributed by atoms with van der Waals surface area (Å²) in [5.74, 6) is -2.46. The van der Waals surface area contributed by atoms with Gasteiger partial charge in [-0.05, 0) is 26.0 Å². The Balaban J connectivity index is 2.94. The highest BCUT2D eigenvalue weighted by molar-refractivity contribution is 7.80. The summed E-state index contributed by atoms with van der Waals surface area (Å²) in [5, 5.41) is 2.67. The molecule has 20 heavy (non-hydrogen) atoms. The first-order valence-electron chi connectivity index (χ1n) is 6.02. The Hall–Kier alpha value is -1.76. The number of halogens is 2. The van der Waals surface area contributed by atoms with E-state index >= 15 is 0 Å². The molecule has 0 unspecified atom stereocenters. The summed E-state index contributed by atoms with van der Waals surface area (Å²) in [5.41, 5.74) is 5.11. The summed E-state index contributed by atoms with van der Waals surface area (Å²) < 4.78 is 27.7. The van der Waals surface area contributed by atoms with Crippen molar-refractivity contribution in [2.24, 2.45) is 5.73 Å². The number of hydrogen-bond donors (Lipinski definition) is 2. The lowest BCUT2D eigenvalue weighted by molar-refractivity contribution is -0.120. The van der Waals surface area contributed by atoms with Crippen LogP contribution in [0, 0.1) is 11.6 Å². The zero-order valence-corrected chi connectivity index (χ0v) is 12.4. The molecule has 0 aliphatic carbocycles. The second kappa shape index (κ2) is 6.60. The fourth-order valence-corrected chi connectivity index (χ4v) is 1.85. The van der Waals surface area contributed by atoms with Gasteiger partial charge < -0.3 is 16.0 Å². The van der Waals surface area contributed by atoms with Crippen molar-refractivity contribution in [3.63, 3.8) is 0 Å². The number of carbonyl (C=O) groups is 1. The molecule has 1 rings (SSSR count). The van der Waals surface area contributed by atoms with Crippen molar-refractivity contribution in [3.8, 4) is 0 Å². The first-order chi connectivity index (χ1) is 9.23. The van der Waals surface area contributed by atoms with Crippen molar-refractivity contribution in [1.82, 2.24) is 5.32 Å². The van der Waals surface area contributed by atoms with Crippen LogP contribution in [0.2, 0.25) is 0 Å². The van der Waals surface area contributed by atoms with E-state index in [1.807, 2.05) is 13.8 Å². The number of hydrogen-bond acceptors (Lipinski definition) is 3. The Morgan fingerprint density at radius 2 is 2.00 bits per heavy atom. The van der Waals surface area contributed by atoms with E-state index in [-0.39, 0.29) is 34.7 Å². The van der Waals surface area contributed by atoms with E-state index < -0.39 is 11.6 Å². The van der Waals surface area contributed by atoms with Crippen molar-refractivity contribution in [2.45, 2.75) is 19.9 Å². The van der Waals surface area contributed by atoms with Crippen molar-refractivity contribution in [1.29, 1.82) is 0 Å². The number of nitrogens with zero attached hydrogens (tertiary/aromatic N) is 1. The van der Waals surface area contributed by atoms with Crippen LogP contribution in [0.4, 0.5) is 14.5 Å². The van der Waals surface area contributed by atoms with Gasteiger partial charge >= 0.3 is 0 Å². The molecule has 1 amide bonds. The van der Waals surface area contributed by atoms with Crippen molar-refractivity contribution >= 4 is 28.8 Å². The predicted octanol–water partition coefficient (Wildman–Crippen LogP) is 1.56. The van der Waals surface area contributed by atoms with E-state index in [1.165, 1.54) is 24.1 Å². The zero-order chi connectivity index (χ0) is 15.4. The lowest BCUT2D eigenvalue weighted by Gasteiger charge is -2.21. The van der Waals surface area contributed by atoms with Crippen LogP contribution >= 0.6 is 12.2 Å². The van der Waals surface area contributed by atoms with Gasteiger partial charge in [-0.2, -0.15) is 0 Å². The molecular weight excluding hydrogens is 284 g/mol. The van der Waals surface area contributed by atoms with Crippen LogP contribution in [0.25, 0.3) is 0 Å². The minimum absolute atomic E-state index is 0.0190. The molecule has 0 bridgehead atoms. The standard InChI is InChI=1S/C13H17F2N3OS/c1-7(2)17-10(19)6-18(3)9-5-4-8(13(16)20)11(14)12(9)15/h4-5,7H,6H2,1-3H3,(H2,16,20)(H,17,19). The molecule has 3 N–H and O–H groups in total. The number of rotatable bonds is 5. The van der Waals surface area contributed by atoms with Gasteiger partial charge in [-0.1, -0.05) is 12.2 Å². The number of benzene rings is 1. The molecule has 0 aromatic heterocycles. The van der Waals surface area contributed by atoms with Gasteiger partial charge in [-0.3, -0.25) is 4.79 Å². The second-order valence-corrected chi connectivity index (χ2v) is 5.14. The molecule has 0 fully saturated rings. The second-order valence-electron chi connectivity index (χ2n) is 4.70. The Kier molecular flexibility index (Phi) is 5.38. The number of likely N-dealkylation sites (N-methyl/N-ethyl adjacent to an activating group) is 1. The van der Waals surface area contributed by atoms with Crippen LogP contribution < -0.4 is 16.0 Å². The quantitative estimate of drug-likeness (QED) is 0.810. The highest BCUT2D eigenvalue weighted by atomic mass is 32.1. The van der Waals surface area contributed by atoms with E-state index in [0.717, 1.165) is 0 Å². The average Bonchev–Trinajstić information content (AvgIpc) is 2.30. The van der Waals surface area contributed by atoms with Crippen LogP contribution in [0.15, 0.2) is 12.1 Å². The van der Waals surface area contributed by atoms with Gasteiger partial charge in [-0.15, -0.1) is 0 Å². The highest BCUT2D eigenvalue weighted by Gasteiger charge is 2.18. The Morgan fingerprint density at radius 1 is 1.40 bits per heavy atom. The van der Waals surface area contributed by atoms with Gasteiger partial charge in [0.25, 0.3) is 0 Å². The first-order valence-corrected chi connectivity index (χ1v) is 6.43. The molecule has 4 nitrogen and oxygen atoms in total. The van der Waals surface area contributed by atoms with Crippen LogP contribution in [0.3, 0.4) is 0 Å². The van der Waals surface area contributed by atoms with Crippen molar-refractivity contribution in [3.05, 3.63) is 29.3 Å². The number of nitrogens with two attached hydrogens (primary N) is 1. The molecule has 0 heterocycles. The molecule has 0 atom stereocenters. The number of nitrogens with one attached hydrogen (secondary N) is 1. The van der Waals surface area contributed by atoms with Gasteiger partial charge in [0.15, 0.2) is 11.6 Å². The Bertz CT molecular complexity index is 535. The number of thiocarbonyl (C=S) groups is 1. The third-order valence-corrected chi connectivity index (χ3v) is 2.79.